The molecule has 1 saturated heterocycles. The maximum absolute atomic E-state index is 16.3. The van der Waals surface area contributed by atoms with Crippen LogP contribution in [-0.4, -0.2) is 63.4 Å². The van der Waals surface area contributed by atoms with Crippen molar-refractivity contribution in [3.63, 3.8) is 0 Å². The molecule has 2 amide bonds. The van der Waals surface area contributed by atoms with Crippen LogP contribution in [0.2, 0.25) is 5.02 Å². The first-order valence-electron chi connectivity index (χ1n) is 12.8. The maximum Gasteiger partial charge on any atom is 0.413 e. The standard InChI is InChI=1S/C28H25ClF2N6O4S/c1-13-12-36(7-8-37(13)27(39)40)23-14(10-32)11-33-21-16(23)9-17(29)19(20(21)31)15-5-6-18(30)24-22(15)34-25(42-24)35-26(38)41-28(2,3)4/h5-6,9,11,13H,7-8,12H2,1-4H3,(H,39,40)(H,34,35,38)/t13-/m1/s1. The highest BCUT2D eigenvalue weighted by atomic mass is 35.5. The first kappa shape index (κ1) is 29.2. The molecule has 2 aromatic carbocycles. The van der Waals surface area contributed by atoms with Crippen molar-refractivity contribution in [3.8, 4) is 17.2 Å². The number of nitriles is 1. The van der Waals surface area contributed by atoms with Gasteiger partial charge in [-0.05, 0) is 45.9 Å². The number of aromatic nitrogens is 2. The highest BCUT2D eigenvalue weighted by Gasteiger charge is 2.31. The van der Waals surface area contributed by atoms with Gasteiger partial charge in [0.1, 0.15) is 23.0 Å². The van der Waals surface area contributed by atoms with Gasteiger partial charge in [0.05, 0.1) is 26.5 Å². The van der Waals surface area contributed by atoms with Crippen molar-refractivity contribution in [1.29, 1.82) is 5.26 Å². The number of thiazole rings is 1. The molecular formula is C28H25ClF2N6O4S. The number of fused-ring (bicyclic) bond motifs is 2. The highest BCUT2D eigenvalue weighted by molar-refractivity contribution is 7.22. The molecule has 218 valence electrons. The van der Waals surface area contributed by atoms with E-state index < -0.39 is 29.4 Å². The van der Waals surface area contributed by atoms with E-state index in [1.807, 2.05) is 4.90 Å². The van der Waals surface area contributed by atoms with E-state index in [4.69, 9.17) is 16.3 Å². The number of carboxylic acid groups (broad SMARTS) is 1. The summed E-state index contributed by atoms with van der Waals surface area (Å²) in [6, 6.07) is 5.71. The van der Waals surface area contributed by atoms with Crippen LogP contribution < -0.4 is 10.2 Å². The summed E-state index contributed by atoms with van der Waals surface area (Å²) in [7, 11) is 0. The molecule has 4 aromatic rings. The molecule has 2 N–H and O–H groups in total. The normalized spacial score (nSPS) is 15.6. The molecule has 1 fully saturated rings. The van der Waals surface area contributed by atoms with Gasteiger partial charge in [-0.1, -0.05) is 22.9 Å². The fourth-order valence-corrected chi connectivity index (χ4v) is 6.16. The number of hydrogen-bond acceptors (Lipinski definition) is 8. The molecule has 10 nitrogen and oxygen atoms in total. The number of piperazine rings is 1. The number of benzene rings is 2. The molecule has 5 rings (SSSR count). The van der Waals surface area contributed by atoms with Crippen molar-refractivity contribution < 1.29 is 28.2 Å². The number of pyridine rings is 1. The zero-order valence-corrected chi connectivity index (χ0v) is 24.5. The van der Waals surface area contributed by atoms with Crippen molar-refractivity contribution in [2.45, 2.75) is 39.3 Å². The summed E-state index contributed by atoms with van der Waals surface area (Å²) in [6.07, 6.45) is -0.557. The predicted octanol–water partition coefficient (Wildman–Crippen LogP) is 6.85. The smallest absolute Gasteiger partial charge is 0.413 e. The average Bonchev–Trinajstić information content (AvgIpc) is 3.32. The molecule has 3 heterocycles. The molecule has 0 bridgehead atoms. The van der Waals surface area contributed by atoms with Gasteiger partial charge in [-0.3, -0.25) is 10.3 Å². The largest absolute Gasteiger partial charge is 0.465 e. The minimum absolute atomic E-state index is 0.0297. The van der Waals surface area contributed by atoms with Gasteiger partial charge in [0.2, 0.25) is 0 Å². The lowest BCUT2D eigenvalue weighted by molar-refractivity contribution is 0.0635. The summed E-state index contributed by atoms with van der Waals surface area (Å²) in [5.41, 5.74) is -0.0685. The lowest BCUT2D eigenvalue weighted by Gasteiger charge is -2.40. The second-order valence-corrected chi connectivity index (χ2v) is 12.2. The number of carbonyl (C=O) groups excluding carboxylic acids is 1. The van der Waals surface area contributed by atoms with Crippen LogP contribution in [0.5, 0.6) is 0 Å². The summed E-state index contributed by atoms with van der Waals surface area (Å²) < 4.78 is 36.5. The van der Waals surface area contributed by atoms with Crippen molar-refractivity contribution in [2.75, 3.05) is 29.9 Å². The van der Waals surface area contributed by atoms with Crippen LogP contribution in [0.15, 0.2) is 24.4 Å². The van der Waals surface area contributed by atoms with E-state index >= 15 is 4.39 Å². The maximum atomic E-state index is 16.3. The molecule has 42 heavy (non-hydrogen) atoms. The lowest BCUT2D eigenvalue weighted by Crippen LogP contribution is -2.54. The number of rotatable bonds is 3. The van der Waals surface area contributed by atoms with Gasteiger partial charge in [0.15, 0.2) is 10.9 Å². The van der Waals surface area contributed by atoms with Crippen LogP contribution in [0.1, 0.15) is 33.3 Å². The Hall–Kier alpha value is -4.28. The molecule has 0 radical (unpaired) electrons. The Morgan fingerprint density at radius 2 is 2.00 bits per heavy atom. The average molecular weight is 615 g/mol. The molecule has 1 aliphatic heterocycles. The summed E-state index contributed by atoms with van der Waals surface area (Å²) in [5.74, 6) is -1.42. The minimum Gasteiger partial charge on any atom is -0.465 e. The van der Waals surface area contributed by atoms with Gasteiger partial charge in [-0.2, -0.15) is 5.26 Å². The Bertz CT molecular complexity index is 1800. The quantitative estimate of drug-likeness (QED) is 0.256. The van der Waals surface area contributed by atoms with Gasteiger partial charge in [0.25, 0.3) is 0 Å². The molecule has 14 heteroatoms. The molecule has 0 saturated carbocycles. The van der Waals surface area contributed by atoms with E-state index in [1.54, 1.807) is 27.7 Å². The van der Waals surface area contributed by atoms with Gasteiger partial charge < -0.3 is 19.6 Å². The van der Waals surface area contributed by atoms with Crippen molar-refractivity contribution >= 4 is 67.1 Å². The number of anilines is 2. The van der Waals surface area contributed by atoms with Crippen molar-refractivity contribution in [1.82, 2.24) is 14.9 Å². The zero-order valence-electron chi connectivity index (χ0n) is 23.0. The van der Waals surface area contributed by atoms with Crippen LogP contribution in [0, 0.1) is 23.0 Å². The van der Waals surface area contributed by atoms with E-state index in [-0.39, 0.29) is 73.6 Å². The Labute approximate surface area is 248 Å². The Morgan fingerprint density at radius 3 is 2.64 bits per heavy atom. The first-order chi connectivity index (χ1) is 19.8. The van der Waals surface area contributed by atoms with Crippen LogP contribution in [0.4, 0.5) is 29.2 Å². The monoisotopic (exact) mass is 614 g/mol. The van der Waals surface area contributed by atoms with Crippen LogP contribution in [0.3, 0.4) is 0 Å². The minimum atomic E-state index is -1.04. The Morgan fingerprint density at radius 1 is 1.26 bits per heavy atom. The first-order valence-corrected chi connectivity index (χ1v) is 14.0. The second-order valence-electron chi connectivity index (χ2n) is 10.8. The number of amides is 2. The second kappa shape index (κ2) is 10.8. The number of halogens is 3. The van der Waals surface area contributed by atoms with Crippen LogP contribution in [0.25, 0.3) is 32.2 Å². The van der Waals surface area contributed by atoms with Crippen LogP contribution in [-0.2, 0) is 4.74 Å². The number of nitrogens with zero attached hydrogens (tertiary/aromatic N) is 5. The van der Waals surface area contributed by atoms with E-state index in [0.717, 1.165) is 17.4 Å². The number of ether oxygens (including phenoxy) is 1. The van der Waals surface area contributed by atoms with E-state index in [9.17, 15) is 24.3 Å². The molecule has 0 aliphatic carbocycles. The fraction of sp³-hybridized carbons (Fsp3) is 0.321. The third-order valence-electron chi connectivity index (χ3n) is 6.71. The Balaban J connectivity index is 1.62. The summed E-state index contributed by atoms with van der Waals surface area (Å²) in [6.45, 7) is 7.58. The van der Waals surface area contributed by atoms with Gasteiger partial charge in [-0.15, -0.1) is 0 Å². The third kappa shape index (κ3) is 5.35. The zero-order chi connectivity index (χ0) is 30.5. The lowest BCUT2D eigenvalue weighted by atomic mass is 9.99. The Kier molecular flexibility index (Phi) is 7.55. The van der Waals surface area contributed by atoms with Gasteiger partial charge in [-0.25, -0.2) is 23.4 Å². The molecule has 2 aromatic heterocycles. The molecule has 0 spiro atoms. The van der Waals surface area contributed by atoms with E-state index in [0.29, 0.717) is 5.69 Å². The van der Waals surface area contributed by atoms with Gasteiger partial charge >= 0.3 is 12.2 Å². The topological polar surface area (TPSA) is 132 Å². The highest BCUT2D eigenvalue weighted by Crippen LogP contribution is 2.43. The molecular weight excluding hydrogens is 590 g/mol. The molecule has 0 unspecified atom stereocenters. The molecule has 1 atom stereocenters. The molecule has 1 aliphatic rings. The van der Waals surface area contributed by atoms with E-state index in [1.165, 1.54) is 23.2 Å². The number of nitrogens with one attached hydrogen (secondary N) is 1. The van der Waals surface area contributed by atoms with Crippen LogP contribution >= 0.6 is 22.9 Å². The summed E-state index contributed by atoms with van der Waals surface area (Å²) >= 11 is 7.55. The third-order valence-corrected chi connectivity index (χ3v) is 7.99. The van der Waals surface area contributed by atoms with Crippen molar-refractivity contribution in [3.05, 3.63) is 46.6 Å². The SMILES string of the molecule is C[C@@H]1CN(c2c(C#N)cnc3c(F)c(-c4ccc(F)c5sc(NC(=O)OC(C)(C)C)nc45)c(Cl)cc23)CCN1C(=O)O. The van der Waals surface area contributed by atoms with Crippen molar-refractivity contribution in [2.24, 2.45) is 0 Å². The summed E-state index contributed by atoms with van der Waals surface area (Å²) in [5, 5.41) is 22.1. The summed E-state index contributed by atoms with van der Waals surface area (Å²) in [4.78, 5) is 35.5. The fourth-order valence-electron chi connectivity index (χ4n) is 4.99. The number of carbonyl (C=O) groups is 2. The predicted molar refractivity (Wildman–Crippen MR) is 156 cm³/mol. The van der Waals surface area contributed by atoms with E-state index in [2.05, 4.69) is 21.4 Å². The number of hydrogen-bond donors (Lipinski definition) is 2. The van der Waals surface area contributed by atoms with Gasteiger partial charge in [0, 0.05) is 48.4 Å².